The summed E-state index contributed by atoms with van der Waals surface area (Å²) in [5.74, 6) is 0.845. The monoisotopic (exact) mass is 205 g/mol. The second kappa shape index (κ2) is 4.62. The molecule has 1 unspecified atom stereocenters. The van der Waals surface area contributed by atoms with Crippen molar-refractivity contribution >= 4 is 5.69 Å². The quantitative estimate of drug-likeness (QED) is 0.817. The lowest BCUT2D eigenvalue weighted by Gasteiger charge is -2.14. The average Bonchev–Trinajstić information content (AvgIpc) is 2.64. The highest BCUT2D eigenvalue weighted by atomic mass is 15.1. The third-order valence-electron chi connectivity index (χ3n) is 3.00. The molecule has 1 fully saturated rings. The molecule has 0 aromatic carbocycles. The third-order valence-corrected chi connectivity index (χ3v) is 3.00. The van der Waals surface area contributed by atoms with Gasteiger partial charge in [-0.3, -0.25) is 9.88 Å². The fraction of sp³-hybridized carbons (Fsp3) is 0.583. The Morgan fingerprint density at radius 3 is 3.13 bits per heavy atom. The van der Waals surface area contributed by atoms with E-state index >= 15 is 0 Å². The summed E-state index contributed by atoms with van der Waals surface area (Å²) < 4.78 is 0. The zero-order chi connectivity index (χ0) is 10.7. The second-order valence-corrected chi connectivity index (χ2v) is 4.41. The first kappa shape index (κ1) is 10.4. The molecule has 1 N–H and O–H groups in total. The lowest BCUT2D eigenvalue weighted by atomic mass is 10.2. The van der Waals surface area contributed by atoms with Gasteiger partial charge in [-0.1, -0.05) is 6.92 Å². The Kier molecular flexibility index (Phi) is 3.21. The Morgan fingerprint density at radius 1 is 1.60 bits per heavy atom. The number of hydrogen-bond donors (Lipinski definition) is 1. The summed E-state index contributed by atoms with van der Waals surface area (Å²) >= 11 is 0. The van der Waals surface area contributed by atoms with Crippen LogP contribution in [0.1, 0.15) is 19.0 Å². The highest BCUT2D eigenvalue weighted by molar-refractivity contribution is 5.42. The van der Waals surface area contributed by atoms with Crippen molar-refractivity contribution in [2.45, 2.75) is 19.9 Å². The van der Waals surface area contributed by atoms with Crippen LogP contribution >= 0.6 is 0 Å². The summed E-state index contributed by atoms with van der Waals surface area (Å²) in [5, 5.41) is 3.14. The molecular formula is C12H19N3. The molecule has 1 saturated heterocycles. The van der Waals surface area contributed by atoms with Gasteiger partial charge < -0.3 is 5.32 Å². The minimum absolute atomic E-state index is 0.845. The van der Waals surface area contributed by atoms with E-state index in [1.54, 1.807) is 0 Å². The van der Waals surface area contributed by atoms with Crippen LogP contribution < -0.4 is 5.32 Å². The molecule has 3 heteroatoms. The fourth-order valence-corrected chi connectivity index (χ4v) is 2.12. The highest BCUT2D eigenvalue weighted by Crippen LogP contribution is 2.17. The number of anilines is 1. The van der Waals surface area contributed by atoms with Crippen molar-refractivity contribution in [2.75, 3.05) is 25.5 Å². The van der Waals surface area contributed by atoms with Crippen LogP contribution in [0.3, 0.4) is 0 Å². The molecule has 1 aromatic rings. The molecule has 2 heterocycles. The Labute approximate surface area is 91.5 Å². The lowest BCUT2D eigenvalue weighted by molar-refractivity contribution is 0.316. The molecule has 1 aromatic heterocycles. The van der Waals surface area contributed by atoms with E-state index in [0.29, 0.717) is 0 Å². The number of pyridine rings is 1. The first-order valence-electron chi connectivity index (χ1n) is 5.63. The molecule has 3 nitrogen and oxygen atoms in total. The standard InChI is InChI=1S/C12H19N3/c1-10-4-6-15(8-10)9-12-7-11(13-2)3-5-14-12/h3,5,7,10H,4,6,8-9H2,1-2H3,(H,13,14). The number of rotatable bonds is 3. The first-order valence-corrected chi connectivity index (χ1v) is 5.63. The highest BCUT2D eigenvalue weighted by Gasteiger charge is 2.18. The number of nitrogens with zero attached hydrogens (tertiary/aromatic N) is 2. The maximum Gasteiger partial charge on any atom is 0.0564 e. The topological polar surface area (TPSA) is 28.2 Å². The van der Waals surface area contributed by atoms with E-state index in [2.05, 4.69) is 28.2 Å². The molecule has 82 valence electrons. The SMILES string of the molecule is CNc1ccnc(CN2CCC(C)C2)c1. The first-order chi connectivity index (χ1) is 7.28. The zero-order valence-electron chi connectivity index (χ0n) is 9.53. The van der Waals surface area contributed by atoms with Crippen molar-refractivity contribution in [3.8, 4) is 0 Å². The Morgan fingerprint density at radius 2 is 2.47 bits per heavy atom. The molecule has 1 aliphatic heterocycles. The van der Waals surface area contributed by atoms with Gasteiger partial charge in [0.1, 0.15) is 0 Å². The molecule has 0 amide bonds. The van der Waals surface area contributed by atoms with Gasteiger partial charge in [0.05, 0.1) is 5.69 Å². The summed E-state index contributed by atoms with van der Waals surface area (Å²) in [6.07, 6.45) is 3.20. The largest absolute Gasteiger partial charge is 0.388 e. The average molecular weight is 205 g/mol. The van der Waals surface area contributed by atoms with Gasteiger partial charge in [-0.05, 0) is 31.0 Å². The van der Waals surface area contributed by atoms with E-state index in [-0.39, 0.29) is 0 Å². The van der Waals surface area contributed by atoms with E-state index in [1.807, 2.05) is 19.3 Å². The summed E-state index contributed by atoms with van der Waals surface area (Å²) in [5.41, 5.74) is 2.31. The predicted octanol–water partition coefficient (Wildman–Crippen LogP) is 1.97. The van der Waals surface area contributed by atoms with Gasteiger partial charge in [0.2, 0.25) is 0 Å². The summed E-state index contributed by atoms with van der Waals surface area (Å²) in [6, 6.07) is 4.12. The van der Waals surface area contributed by atoms with E-state index in [4.69, 9.17) is 0 Å². The van der Waals surface area contributed by atoms with E-state index in [1.165, 1.54) is 19.5 Å². The van der Waals surface area contributed by atoms with Crippen molar-refractivity contribution in [3.05, 3.63) is 24.0 Å². The van der Waals surface area contributed by atoms with Crippen LogP contribution in [0.25, 0.3) is 0 Å². The molecule has 0 aliphatic carbocycles. The number of likely N-dealkylation sites (tertiary alicyclic amines) is 1. The van der Waals surface area contributed by atoms with Crippen LogP contribution in [0.2, 0.25) is 0 Å². The molecular weight excluding hydrogens is 186 g/mol. The maximum atomic E-state index is 4.39. The van der Waals surface area contributed by atoms with Gasteiger partial charge in [-0.2, -0.15) is 0 Å². The van der Waals surface area contributed by atoms with Crippen LogP contribution in [0.15, 0.2) is 18.3 Å². The fourth-order valence-electron chi connectivity index (χ4n) is 2.12. The lowest BCUT2D eigenvalue weighted by Crippen LogP contribution is -2.20. The van der Waals surface area contributed by atoms with Crippen LogP contribution in [0.5, 0.6) is 0 Å². The molecule has 1 atom stereocenters. The minimum Gasteiger partial charge on any atom is -0.388 e. The van der Waals surface area contributed by atoms with E-state index in [9.17, 15) is 0 Å². The second-order valence-electron chi connectivity index (χ2n) is 4.41. The van der Waals surface area contributed by atoms with Crippen molar-refractivity contribution < 1.29 is 0 Å². The molecule has 0 bridgehead atoms. The smallest absolute Gasteiger partial charge is 0.0564 e. The Bertz CT molecular complexity index is 324. The Balaban J connectivity index is 1.98. The molecule has 15 heavy (non-hydrogen) atoms. The summed E-state index contributed by atoms with van der Waals surface area (Å²) in [4.78, 5) is 6.87. The predicted molar refractivity (Wildman–Crippen MR) is 62.8 cm³/mol. The van der Waals surface area contributed by atoms with Crippen molar-refractivity contribution in [3.63, 3.8) is 0 Å². The number of aromatic nitrogens is 1. The number of hydrogen-bond acceptors (Lipinski definition) is 3. The van der Waals surface area contributed by atoms with Crippen molar-refractivity contribution in [1.29, 1.82) is 0 Å². The van der Waals surface area contributed by atoms with Crippen LogP contribution in [-0.2, 0) is 6.54 Å². The molecule has 0 radical (unpaired) electrons. The van der Waals surface area contributed by atoms with Gasteiger partial charge in [0, 0.05) is 32.0 Å². The molecule has 1 aliphatic rings. The van der Waals surface area contributed by atoms with Crippen molar-refractivity contribution in [1.82, 2.24) is 9.88 Å². The zero-order valence-corrected chi connectivity index (χ0v) is 9.53. The van der Waals surface area contributed by atoms with Crippen LogP contribution in [-0.4, -0.2) is 30.0 Å². The molecule has 0 spiro atoms. The minimum atomic E-state index is 0.845. The third kappa shape index (κ3) is 2.69. The maximum absolute atomic E-state index is 4.39. The van der Waals surface area contributed by atoms with Gasteiger partial charge in [-0.25, -0.2) is 0 Å². The Hall–Kier alpha value is -1.09. The van der Waals surface area contributed by atoms with Crippen LogP contribution in [0, 0.1) is 5.92 Å². The number of nitrogens with one attached hydrogen (secondary N) is 1. The van der Waals surface area contributed by atoms with E-state index < -0.39 is 0 Å². The summed E-state index contributed by atoms with van der Waals surface area (Å²) in [6.45, 7) is 5.73. The van der Waals surface area contributed by atoms with Crippen LogP contribution in [0.4, 0.5) is 5.69 Å². The van der Waals surface area contributed by atoms with Gasteiger partial charge in [0.25, 0.3) is 0 Å². The van der Waals surface area contributed by atoms with Gasteiger partial charge in [-0.15, -0.1) is 0 Å². The normalized spacial score (nSPS) is 21.9. The van der Waals surface area contributed by atoms with Gasteiger partial charge >= 0.3 is 0 Å². The van der Waals surface area contributed by atoms with Crippen molar-refractivity contribution in [2.24, 2.45) is 5.92 Å². The molecule has 0 saturated carbocycles. The summed E-state index contributed by atoms with van der Waals surface area (Å²) in [7, 11) is 1.94. The van der Waals surface area contributed by atoms with Gasteiger partial charge in [0.15, 0.2) is 0 Å². The molecule has 2 rings (SSSR count). The van der Waals surface area contributed by atoms with E-state index in [0.717, 1.165) is 23.8 Å².